The van der Waals surface area contributed by atoms with E-state index in [9.17, 15) is 23.1 Å². The van der Waals surface area contributed by atoms with E-state index in [1.165, 1.54) is 38.5 Å². The van der Waals surface area contributed by atoms with Crippen LogP contribution in [-0.2, 0) is 6.18 Å². The molecule has 0 fully saturated rings. The third-order valence-electron chi connectivity index (χ3n) is 3.80. The van der Waals surface area contributed by atoms with Gasteiger partial charge >= 0.3 is 6.18 Å². The number of aliphatic hydroxyl groups excluding tert-OH is 1. The number of aliphatic hydroxyl groups is 1. The maximum atomic E-state index is 12.7. The van der Waals surface area contributed by atoms with Gasteiger partial charge in [0.15, 0.2) is 11.5 Å². The second-order valence-corrected chi connectivity index (χ2v) is 6.30. The first-order chi connectivity index (χ1) is 13.7. The first kappa shape index (κ1) is 22.6. The third-order valence-corrected chi connectivity index (χ3v) is 4.08. The zero-order valence-corrected chi connectivity index (χ0v) is 16.3. The van der Waals surface area contributed by atoms with Gasteiger partial charge in [0, 0.05) is 12.1 Å². The number of amides is 1. The molecule has 2 N–H and O–H groups in total. The molecule has 0 spiro atoms. The van der Waals surface area contributed by atoms with Crippen LogP contribution < -0.4 is 19.5 Å². The molecule has 0 bridgehead atoms. The fourth-order valence-electron chi connectivity index (χ4n) is 2.38. The number of halogens is 4. The van der Waals surface area contributed by atoms with E-state index in [-0.39, 0.29) is 41.0 Å². The van der Waals surface area contributed by atoms with Crippen LogP contribution in [0.3, 0.4) is 0 Å². The number of hydrogen-bond donors (Lipinski definition) is 2. The van der Waals surface area contributed by atoms with Crippen molar-refractivity contribution in [2.45, 2.75) is 12.3 Å². The van der Waals surface area contributed by atoms with Gasteiger partial charge in [0.2, 0.25) is 0 Å². The molecule has 158 valence electrons. The lowest BCUT2D eigenvalue weighted by molar-refractivity contribution is -0.137. The number of carbonyl (C=O) groups is 1. The minimum atomic E-state index is -4.49. The van der Waals surface area contributed by atoms with Crippen LogP contribution in [0.4, 0.5) is 13.2 Å². The largest absolute Gasteiger partial charge is 0.493 e. The number of hydrogen-bond acceptors (Lipinski definition) is 5. The van der Waals surface area contributed by atoms with Crippen LogP contribution >= 0.6 is 11.6 Å². The Morgan fingerprint density at radius 1 is 1.21 bits per heavy atom. The molecule has 2 rings (SSSR count). The lowest BCUT2D eigenvalue weighted by atomic mass is 10.2. The quantitative estimate of drug-likeness (QED) is 0.666. The Labute approximate surface area is 170 Å². The Morgan fingerprint density at radius 3 is 2.55 bits per heavy atom. The van der Waals surface area contributed by atoms with Crippen LogP contribution in [0.2, 0.25) is 5.02 Å². The lowest BCUT2D eigenvalue weighted by Crippen LogP contribution is -2.35. The summed E-state index contributed by atoms with van der Waals surface area (Å²) in [5.74, 6) is -0.0401. The van der Waals surface area contributed by atoms with Crippen LogP contribution in [0, 0.1) is 0 Å². The first-order valence-electron chi connectivity index (χ1n) is 8.33. The second-order valence-electron chi connectivity index (χ2n) is 5.89. The van der Waals surface area contributed by atoms with E-state index < -0.39 is 23.8 Å². The van der Waals surface area contributed by atoms with Gasteiger partial charge in [-0.05, 0) is 30.3 Å². The van der Waals surface area contributed by atoms with Gasteiger partial charge in [0.25, 0.3) is 5.91 Å². The van der Waals surface area contributed by atoms with Crippen molar-refractivity contribution in [2.24, 2.45) is 0 Å². The molecule has 0 aromatic heterocycles. The van der Waals surface area contributed by atoms with Gasteiger partial charge in [-0.3, -0.25) is 4.79 Å². The van der Waals surface area contributed by atoms with Gasteiger partial charge in [-0.15, -0.1) is 0 Å². The Morgan fingerprint density at radius 2 is 1.93 bits per heavy atom. The molecule has 1 atom stereocenters. The van der Waals surface area contributed by atoms with Crippen molar-refractivity contribution in [3.63, 3.8) is 0 Å². The molecular weight excluding hydrogens is 415 g/mol. The first-order valence-corrected chi connectivity index (χ1v) is 8.71. The van der Waals surface area contributed by atoms with Crippen LogP contribution in [0.5, 0.6) is 17.2 Å². The molecule has 0 saturated carbocycles. The Bertz CT molecular complexity index is 860. The predicted molar refractivity (Wildman–Crippen MR) is 99.8 cm³/mol. The summed E-state index contributed by atoms with van der Waals surface area (Å²) < 4.78 is 53.4. The SMILES string of the molecule is COc1cc(C(=O)NCC(O)COc2cccc(C(F)(F)F)c2)cc(Cl)c1OC. The highest BCUT2D eigenvalue weighted by Crippen LogP contribution is 2.36. The number of nitrogens with one attached hydrogen (secondary N) is 1. The standard InChI is InChI=1S/C19H19ClF3NO5/c1-27-16-7-11(6-15(20)17(16)28-2)18(26)24-9-13(25)10-29-14-5-3-4-12(8-14)19(21,22)23/h3-8,13,25H,9-10H2,1-2H3,(H,24,26). The van der Waals surface area contributed by atoms with Gasteiger partial charge in [-0.2, -0.15) is 13.2 Å². The normalized spacial score (nSPS) is 12.2. The minimum absolute atomic E-state index is 0.0446. The number of methoxy groups -OCH3 is 2. The van der Waals surface area contributed by atoms with Gasteiger partial charge in [0.05, 0.1) is 24.8 Å². The average Bonchev–Trinajstić information content (AvgIpc) is 2.69. The maximum absolute atomic E-state index is 12.7. The molecule has 0 radical (unpaired) electrons. The Balaban J connectivity index is 1.92. The van der Waals surface area contributed by atoms with Crippen LogP contribution in [-0.4, -0.2) is 44.5 Å². The van der Waals surface area contributed by atoms with E-state index in [1.807, 2.05) is 0 Å². The summed E-state index contributed by atoms with van der Waals surface area (Å²) in [7, 11) is 2.80. The third kappa shape index (κ3) is 6.16. The zero-order chi connectivity index (χ0) is 21.6. The van der Waals surface area contributed by atoms with Gasteiger partial charge in [0.1, 0.15) is 18.5 Å². The van der Waals surface area contributed by atoms with Crippen molar-refractivity contribution in [2.75, 3.05) is 27.4 Å². The van der Waals surface area contributed by atoms with Crippen molar-refractivity contribution in [1.29, 1.82) is 0 Å². The smallest absolute Gasteiger partial charge is 0.416 e. The summed E-state index contributed by atoms with van der Waals surface area (Å²) in [6.07, 6.45) is -5.64. The zero-order valence-electron chi connectivity index (χ0n) is 15.5. The molecule has 2 aromatic rings. The monoisotopic (exact) mass is 433 g/mol. The summed E-state index contributed by atoms with van der Waals surface area (Å²) in [6.45, 7) is -0.502. The van der Waals surface area contributed by atoms with Crippen molar-refractivity contribution in [3.05, 3.63) is 52.5 Å². The summed E-state index contributed by atoms with van der Waals surface area (Å²) in [6, 6.07) is 7.09. The molecule has 6 nitrogen and oxygen atoms in total. The van der Waals surface area contributed by atoms with Gasteiger partial charge in [-0.1, -0.05) is 17.7 Å². The molecule has 10 heteroatoms. The highest BCUT2D eigenvalue weighted by Gasteiger charge is 2.30. The van der Waals surface area contributed by atoms with Crippen molar-refractivity contribution < 1.29 is 37.3 Å². The number of ether oxygens (including phenoxy) is 3. The molecule has 0 aliphatic heterocycles. The van der Waals surface area contributed by atoms with E-state index in [1.54, 1.807) is 0 Å². The second kappa shape index (κ2) is 9.71. The molecule has 0 heterocycles. The van der Waals surface area contributed by atoms with E-state index in [0.717, 1.165) is 12.1 Å². The molecule has 1 amide bonds. The van der Waals surface area contributed by atoms with Crippen molar-refractivity contribution >= 4 is 17.5 Å². The van der Waals surface area contributed by atoms with Gasteiger partial charge < -0.3 is 24.6 Å². The molecular formula is C19H19ClF3NO5. The fourth-order valence-corrected chi connectivity index (χ4v) is 2.66. The molecule has 0 saturated heterocycles. The van der Waals surface area contributed by atoms with E-state index >= 15 is 0 Å². The number of carbonyl (C=O) groups excluding carboxylic acids is 1. The maximum Gasteiger partial charge on any atom is 0.416 e. The number of rotatable bonds is 8. The molecule has 2 aromatic carbocycles. The fraction of sp³-hybridized carbons (Fsp3) is 0.316. The lowest BCUT2D eigenvalue weighted by Gasteiger charge is -2.15. The van der Waals surface area contributed by atoms with E-state index in [4.69, 9.17) is 25.8 Å². The molecule has 0 aliphatic carbocycles. The Kier molecular flexibility index (Phi) is 7.58. The summed E-state index contributed by atoms with van der Waals surface area (Å²) in [5.41, 5.74) is -0.679. The predicted octanol–water partition coefficient (Wildman–Crippen LogP) is 3.55. The molecule has 29 heavy (non-hydrogen) atoms. The van der Waals surface area contributed by atoms with Crippen LogP contribution in [0.1, 0.15) is 15.9 Å². The highest BCUT2D eigenvalue weighted by atomic mass is 35.5. The summed E-state index contributed by atoms with van der Waals surface area (Å²) in [5, 5.41) is 12.6. The summed E-state index contributed by atoms with van der Waals surface area (Å²) in [4.78, 5) is 12.3. The van der Waals surface area contributed by atoms with Crippen molar-refractivity contribution in [3.8, 4) is 17.2 Å². The highest BCUT2D eigenvalue weighted by molar-refractivity contribution is 6.32. The minimum Gasteiger partial charge on any atom is -0.493 e. The number of alkyl halides is 3. The van der Waals surface area contributed by atoms with E-state index in [0.29, 0.717) is 0 Å². The molecule has 0 aliphatic rings. The Hall–Kier alpha value is -2.65. The van der Waals surface area contributed by atoms with Crippen LogP contribution in [0.15, 0.2) is 36.4 Å². The van der Waals surface area contributed by atoms with E-state index in [2.05, 4.69) is 5.32 Å². The van der Waals surface area contributed by atoms with Gasteiger partial charge in [-0.25, -0.2) is 0 Å². The average molecular weight is 434 g/mol. The number of benzene rings is 2. The van der Waals surface area contributed by atoms with Crippen molar-refractivity contribution in [1.82, 2.24) is 5.32 Å². The summed E-state index contributed by atoms with van der Waals surface area (Å²) >= 11 is 6.05. The molecule has 1 unspecified atom stereocenters. The topological polar surface area (TPSA) is 77.0 Å². The van der Waals surface area contributed by atoms with Crippen LogP contribution in [0.25, 0.3) is 0 Å².